The van der Waals surface area contributed by atoms with Crippen LogP contribution in [0.25, 0.3) is 0 Å². The second-order valence-electron chi connectivity index (χ2n) is 5.02. The van der Waals surface area contributed by atoms with Crippen LogP contribution in [0.4, 0.5) is 0 Å². The molecule has 0 aromatic rings. The van der Waals surface area contributed by atoms with Gasteiger partial charge < -0.3 is 9.64 Å². The third-order valence-corrected chi connectivity index (χ3v) is 3.39. The number of nitrogens with zero attached hydrogens (tertiary/aromatic N) is 3. The van der Waals surface area contributed by atoms with Crippen LogP contribution in [0.15, 0.2) is 4.99 Å². The van der Waals surface area contributed by atoms with Crippen molar-refractivity contribution < 1.29 is 4.74 Å². The van der Waals surface area contributed by atoms with E-state index in [2.05, 4.69) is 34.1 Å². The maximum Gasteiger partial charge on any atom is 0.208 e. The van der Waals surface area contributed by atoms with E-state index < -0.39 is 0 Å². The molecule has 0 aromatic carbocycles. The molecule has 0 aliphatic carbocycles. The number of hydrogen-bond donors (Lipinski definition) is 2. The third-order valence-electron chi connectivity index (χ3n) is 3.39. The molecular formula is C13H29N5O. The second-order valence-corrected chi connectivity index (χ2v) is 5.02. The van der Waals surface area contributed by atoms with Gasteiger partial charge in [-0.15, -0.1) is 0 Å². The van der Waals surface area contributed by atoms with Gasteiger partial charge in [0.1, 0.15) is 0 Å². The first-order valence-corrected chi connectivity index (χ1v) is 7.26. The maximum atomic E-state index is 5.57. The number of hydrazine groups is 1. The van der Waals surface area contributed by atoms with E-state index in [9.17, 15) is 0 Å². The summed E-state index contributed by atoms with van der Waals surface area (Å²) in [5.74, 6) is 6.38. The Kier molecular flexibility index (Phi) is 7.78. The van der Waals surface area contributed by atoms with Gasteiger partial charge in [0.2, 0.25) is 5.96 Å². The minimum Gasteiger partial charge on any atom is -0.382 e. The molecule has 0 radical (unpaired) electrons. The van der Waals surface area contributed by atoms with Gasteiger partial charge in [0.05, 0.1) is 0 Å². The van der Waals surface area contributed by atoms with Gasteiger partial charge in [-0.1, -0.05) is 0 Å². The molecule has 19 heavy (non-hydrogen) atoms. The Morgan fingerprint density at radius 2 is 2.00 bits per heavy atom. The van der Waals surface area contributed by atoms with Gasteiger partial charge in [0.25, 0.3) is 0 Å². The highest BCUT2D eigenvalue weighted by atomic mass is 16.5. The Balaban J connectivity index is 2.33. The van der Waals surface area contributed by atoms with E-state index >= 15 is 0 Å². The molecule has 0 saturated carbocycles. The van der Waals surface area contributed by atoms with Gasteiger partial charge in [0, 0.05) is 52.0 Å². The van der Waals surface area contributed by atoms with Gasteiger partial charge in [0.15, 0.2) is 0 Å². The van der Waals surface area contributed by atoms with E-state index in [1.807, 2.05) is 6.92 Å². The molecular weight excluding hydrogens is 242 g/mol. The lowest BCUT2D eigenvalue weighted by Gasteiger charge is -2.38. The van der Waals surface area contributed by atoms with E-state index in [0.717, 1.165) is 58.3 Å². The van der Waals surface area contributed by atoms with Crippen LogP contribution in [0.5, 0.6) is 0 Å². The summed E-state index contributed by atoms with van der Waals surface area (Å²) >= 11 is 0. The van der Waals surface area contributed by atoms with Crippen molar-refractivity contribution in [3.05, 3.63) is 0 Å². The highest BCUT2D eigenvalue weighted by Crippen LogP contribution is 2.05. The number of ether oxygens (including phenoxy) is 1. The van der Waals surface area contributed by atoms with Gasteiger partial charge in [-0.3, -0.25) is 15.3 Å². The number of piperazine rings is 1. The number of aliphatic imine (C=N–C) groups is 1. The van der Waals surface area contributed by atoms with E-state index in [1.54, 1.807) is 0 Å². The minimum absolute atomic E-state index is 0.611. The fraction of sp³-hybridized carbons (Fsp3) is 0.923. The van der Waals surface area contributed by atoms with E-state index in [4.69, 9.17) is 10.6 Å². The summed E-state index contributed by atoms with van der Waals surface area (Å²) < 4.78 is 5.29. The highest BCUT2D eigenvalue weighted by molar-refractivity contribution is 5.79. The van der Waals surface area contributed by atoms with Gasteiger partial charge >= 0.3 is 0 Å². The molecule has 0 unspecified atom stereocenters. The Labute approximate surface area is 117 Å². The van der Waals surface area contributed by atoms with Crippen molar-refractivity contribution in [3.63, 3.8) is 0 Å². The van der Waals surface area contributed by atoms with E-state index in [-0.39, 0.29) is 0 Å². The average molecular weight is 271 g/mol. The minimum atomic E-state index is 0.611. The van der Waals surface area contributed by atoms with Gasteiger partial charge in [-0.25, -0.2) is 5.84 Å². The Hall–Kier alpha value is -0.850. The summed E-state index contributed by atoms with van der Waals surface area (Å²) in [5.41, 5.74) is 2.72. The normalized spacial score (nSPS) is 18.2. The maximum absolute atomic E-state index is 5.57. The zero-order valence-corrected chi connectivity index (χ0v) is 12.6. The van der Waals surface area contributed by atoms with Gasteiger partial charge in [-0.2, -0.15) is 0 Å². The largest absolute Gasteiger partial charge is 0.382 e. The third kappa shape index (κ3) is 5.76. The molecule has 1 aliphatic rings. The zero-order chi connectivity index (χ0) is 14.1. The number of guanidine groups is 1. The predicted molar refractivity (Wildman–Crippen MR) is 79.0 cm³/mol. The van der Waals surface area contributed by atoms with Crippen molar-refractivity contribution in [2.45, 2.75) is 33.2 Å². The van der Waals surface area contributed by atoms with Crippen LogP contribution < -0.4 is 11.3 Å². The predicted octanol–water partition coefficient (Wildman–Crippen LogP) is 0.258. The molecule has 0 spiro atoms. The van der Waals surface area contributed by atoms with Crippen molar-refractivity contribution >= 4 is 5.96 Å². The summed E-state index contributed by atoms with van der Waals surface area (Å²) in [4.78, 5) is 9.21. The van der Waals surface area contributed by atoms with Crippen LogP contribution in [0.3, 0.4) is 0 Å². The fourth-order valence-corrected chi connectivity index (χ4v) is 2.18. The lowest BCUT2D eigenvalue weighted by atomic mass is 10.2. The lowest BCUT2D eigenvalue weighted by molar-refractivity contribution is 0.144. The summed E-state index contributed by atoms with van der Waals surface area (Å²) in [6, 6.07) is 0.611. The summed E-state index contributed by atoms with van der Waals surface area (Å²) in [6.07, 6.45) is 0.935. The van der Waals surface area contributed by atoms with E-state index in [0.29, 0.717) is 6.04 Å². The molecule has 112 valence electrons. The lowest BCUT2D eigenvalue weighted by Crippen LogP contribution is -2.55. The fourth-order valence-electron chi connectivity index (χ4n) is 2.18. The first-order valence-electron chi connectivity index (χ1n) is 7.26. The first kappa shape index (κ1) is 16.2. The quantitative estimate of drug-likeness (QED) is 0.238. The van der Waals surface area contributed by atoms with Crippen molar-refractivity contribution in [2.24, 2.45) is 10.8 Å². The number of rotatable bonds is 6. The van der Waals surface area contributed by atoms with E-state index in [1.165, 1.54) is 0 Å². The Bertz CT molecular complexity index is 262. The molecule has 1 saturated heterocycles. The Morgan fingerprint density at radius 1 is 1.32 bits per heavy atom. The molecule has 0 bridgehead atoms. The van der Waals surface area contributed by atoms with Crippen LogP contribution in [-0.2, 0) is 4.74 Å². The molecule has 1 fully saturated rings. The zero-order valence-electron chi connectivity index (χ0n) is 12.6. The average Bonchev–Trinajstić information content (AvgIpc) is 2.43. The molecule has 0 atom stereocenters. The molecule has 1 aliphatic heterocycles. The van der Waals surface area contributed by atoms with Crippen LogP contribution in [0.1, 0.15) is 27.2 Å². The SMILES string of the molecule is CCOCCCN=C(NN)N1CCN(C(C)C)CC1. The molecule has 1 rings (SSSR count). The van der Waals surface area contributed by atoms with Crippen LogP contribution in [0.2, 0.25) is 0 Å². The van der Waals surface area contributed by atoms with Crippen molar-refractivity contribution in [2.75, 3.05) is 45.9 Å². The van der Waals surface area contributed by atoms with Crippen LogP contribution in [0, 0.1) is 0 Å². The summed E-state index contributed by atoms with van der Waals surface area (Å²) in [6.45, 7) is 12.9. The summed E-state index contributed by atoms with van der Waals surface area (Å²) in [7, 11) is 0. The van der Waals surface area contributed by atoms with Crippen molar-refractivity contribution in [3.8, 4) is 0 Å². The van der Waals surface area contributed by atoms with Gasteiger partial charge in [-0.05, 0) is 27.2 Å². The topological polar surface area (TPSA) is 66.1 Å². The molecule has 3 N–H and O–H groups in total. The van der Waals surface area contributed by atoms with Crippen LogP contribution in [-0.4, -0.2) is 67.7 Å². The molecule has 6 heteroatoms. The second kappa shape index (κ2) is 9.12. The molecule has 6 nitrogen and oxygen atoms in total. The standard InChI is InChI=1S/C13H29N5O/c1-4-19-11-5-6-15-13(16-14)18-9-7-17(8-10-18)12(2)3/h12H,4-11,14H2,1-3H3,(H,15,16). The van der Waals surface area contributed by atoms with Crippen LogP contribution >= 0.6 is 0 Å². The molecule has 1 heterocycles. The number of hydrogen-bond acceptors (Lipinski definition) is 4. The monoisotopic (exact) mass is 271 g/mol. The van der Waals surface area contributed by atoms with Crippen molar-refractivity contribution in [1.82, 2.24) is 15.2 Å². The molecule has 0 aromatic heterocycles. The summed E-state index contributed by atoms with van der Waals surface area (Å²) in [5, 5.41) is 0. The Morgan fingerprint density at radius 3 is 2.53 bits per heavy atom. The van der Waals surface area contributed by atoms with Crippen molar-refractivity contribution in [1.29, 1.82) is 0 Å². The molecule has 0 amide bonds. The smallest absolute Gasteiger partial charge is 0.208 e. The first-order chi connectivity index (χ1) is 9.19. The number of nitrogens with one attached hydrogen (secondary N) is 1. The highest BCUT2D eigenvalue weighted by Gasteiger charge is 2.20. The number of nitrogens with two attached hydrogens (primary N) is 1.